The summed E-state index contributed by atoms with van der Waals surface area (Å²) in [6.45, 7) is 5.16. The van der Waals surface area contributed by atoms with Gasteiger partial charge < -0.3 is 10.5 Å². The Morgan fingerprint density at radius 3 is 2.12 bits per heavy atom. The number of benzene rings is 1. The van der Waals surface area contributed by atoms with Crippen LogP contribution in [0.5, 0.6) is 5.75 Å². The minimum Gasteiger partial charge on any atom is -0.497 e. The summed E-state index contributed by atoms with van der Waals surface area (Å²) in [6.07, 6.45) is 6.12. The van der Waals surface area contributed by atoms with Gasteiger partial charge in [0.1, 0.15) is 5.75 Å². The van der Waals surface area contributed by atoms with Crippen molar-refractivity contribution >= 4 is 0 Å². The highest BCUT2D eigenvalue weighted by Gasteiger charge is 2.05. The molecule has 2 N–H and O–H groups in total. The highest BCUT2D eigenvalue weighted by atomic mass is 16.5. The molecular formula is C15H25NO. The molecule has 0 amide bonds. The number of nitrogens with two attached hydrogens (primary N) is 1. The van der Waals surface area contributed by atoms with Gasteiger partial charge in [0.15, 0.2) is 0 Å². The van der Waals surface area contributed by atoms with Crippen LogP contribution in [-0.4, -0.2) is 13.7 Å². The van der Waals surface area contributed by atoms with Crippen LogP contribution in [0.2, 0.25) is 0 Å². The minimum atomic E-state index is 0.820. The average Bonchev–Trinajstić information content (AvgIpc) is 2.31. The van der Waals surface area contributed by atoms with E-state index in [1.54, 1.807) is 7.11 Å². The molecule has 0 heterocycles. The molecule has 1 aromatic carbocycles. The van der Waals surface area contributed by atoms with E-state index >= 15 is 0 Å². The monoisotopic (exact) mass is 235 g/mol. The molecule has 0 aliphatic carbocycles. The van der Waals surface area contributed by atoms with Gasteiger partial charge >= 0.3 is 0 Å². The van der Waals surface area contributed by atoms with E-state index in [0.29, 0.717) is 0 Å². The SMILES string of the molecule is COc1cc(C)c(CCCCCCN)c(C)c1. The predicted molar refractivity (Wildman–Crippen MR) is 73.7 cm³/mol. The molecular weight excluding hydrogens is 210 g/mol. The number of ether oxygens (including phenoxy) is 1. The summed E-state index contributed by atoms with van der Waals surface area (Å²) >= 11 is 0. The first-order valence-electron chi connectivity index (χ1n) is 6.53. The van der Waals surface area contributed by atoms with Crippen LogP contribution in [0.15, 0.2) is 12.1 Å². The summed E-state index contributed by atoms with van der Waals surface area (Å²) in [5.41, 5.74) is 9.67. The zero-order valence-electron chi connectivity index (χ0n) is 11.4. The molecule has 96 valence electrons. The van der Waals surface area contributed by atoms with Crippen molar-refractivity contribution in [3.63, 3.8) is 0 Å². The molecule has 17 heavy (non-hydrogen) atoms. The van der Waals surface area contributed by atoms with Gasteiger partial charge in [0.2, 0.25) is 0 Å². The molecule has 0 aliphatic rings. The highest BCUT2D eigenvalue weighted by molar-refractivity contribution is 5.41. The highest BCUT2D eigenvalue weighted by Crippen LogP contribution is 2.23. The lowest BCUT2D eigenvalue weighted by molar-refractivity contribution is 0.414. The predicted octanol–water partition coefficient (Wildman–Crippen LogP) is 3.37. The molecule has 0 bridgehead atoms. The van der Waals surface area contributed by atoms with Gasteiger partial charge in [-0.1, -0.05) is 12.8 Å². The van der Waals surface area contributed by atoms with E-state index in [0.717, 1.165) is 18.7 Å². The molecule has 0 unspecified atom stereocenters. The molecule has 1 aromatic rings. The molecule has 2 heteroatoms. The van der Waals surface area contributed by atoms with E-state index in [9.17, 15) is 0 Å². The van der Waals surface area contributed by atoms with Gasteiger partial charge in [-0.2, -0.15) is 0 Å². The van der Waals surface area contributed by atoms with Crippen molar-refractivity contribution in [1.29, 1.82) is 0 Å². The Bertz CT molecular complexity index is 324. The van der Waals surface area contributed by atoms with Crippen LogP contribution in [-0.2, 0) is 6.42 Å². The molecule has 0 spiro atoms. The molecule has 0 saturated heterocycles. The van der Waals surface area contributed by atoms with Gasteiger partial charge in [0.25, 0.3) is 0 Å². The fraction of sp³-hybridized carbons (Fsp3) is 0.600. The number of methoxy groups -OCH3 is 1. The molecule has 0 radical (unpaired) electrons. The summed E-state index contributed by atoms with van der Waals surface area (Å²) in [4.78, 5) is 0. The second kappa shape index (κ2) is 7.33. The van der Waals surface area contributed by atoms with Gasteiger partial charge in [-0.3, -0.25) is 0 Å². The van der Waals surface area contributed by atoms with Gasteiger partial charge in [-0.25, -0.2) is 0 Å². The second-order valence-electron chi connectivity index (χ2n) is 4.69. The second-order valence-corrected chi connectivity index (χ2v) is 4.69. The maximum absolute atomic E-state index is 5.49. The number of unbranched alkanes of at least 4 members (excludes halogenated alkanes) is 3. The molecule has 0 aromatic heterocycles. The fourth-order valence-electron chi connectivity index (χ4n) is 2.27. The number of rotatable bonds is 7. The standard InChI is InChI=1S/C15H25NO/c1-12-10-14(17-3)11-13(2)15(12)8-6-4-5-7-9-16/h10-11H,4-9,16H2,1-3H3. The van der Waals surface area contributed by atoms with Crippen molar-refractivity contribution in [3.05, 3.63) is 28.8 Å². The third-order valence-electron chi connectivity index (χ3n) is 3.29. The first-order valence-corrected chi connectivity index (χ1v) is 6.53. The lowest BCUT2D eigenvalue weighted by Crippen LogP contribution is -1.99. The molecule has 1 rings (SSSR count). The van der Waals surface area contributed by atoms with Crippen molar-refractivity contribution in [2.24, 2.45) is 5.73 Å². The first-order chi connectivity index (χ1) is 8.19. The van der Waals surface area contributed by atoms with E-state index < -0.39 is 0 Å². The summed E-state index contributed by atoms with van der Waals surface area (Å²) in [5.74, 6) is 0.965. The maximum Gasteiger partial charge on any atom is 0.119 e. The van der Waals surface area contributed by atoms with Gasteiger partial charge in [0.05, 0.1) is 7.11 Å². The van der Waals surface area contributed by atoms with Crippen LogP contribution in [0.4, 0.5) is 0 Å². The third-order valence-corrected chi connectivity index (χ3v) is 3.29. The van der Waals surface area contributed by atoms with Crippen molar-refractivity contribution in [2.75, 3.05) is 13.7 Å². The van der Waals surface area contributed by atoms with E-state index in [1.165, 1.54) is 42.4 Å². The van der Waals surface area contributed by atoms with Gasteiger partial charge in [0, 0.05) is 0 Å². The van der Waals surface area contributed by atoms with Crippen LogP contribution in [0, 0.1) is 13.8 Å². The molecule has 0 aliphatic heterocycles. The molecule has 0 saturated carbocycles. The topological polar surface area (TPSA) is 35.2 Å². The number of hydrogen-bond donors (Lipinski definition) is 1. The zero-order chi connectivity index (χ0) is 12.7. The van der Waals surface area contributed by atoms with Crippen LogP contribution < -0.4 is 10.5 Å². The van der Waals surface area contributed by atoms with Crippen molar-refractivity contribution < 1.29 is 4.74 Å². The smallest absolute Gasteiger partial charge is 0.119 e. The lowest BCUT2D eigenvalue weighted by atomic mass is 9.97. The van der Waals surface area contributed by atoms with Crippen molar-refractivity contribution in [3.8, 4) is 5.75 Å². The van der Waals surface area contributed by atoms with Crippen LogP contribution in [0.1, 0.15) is 42.4 Å². The number of hydrogen-bond acceptors (Lipinski definition) is 2. The summed E-state index contributed by atoms with van der Waals surface area (Å²) in [6, 6.07) is 4.25. The van der Waals surface area contributed by atoms with Crippen LogP contribution in [0.3, 0.4) is 0 Å². The molecule has 0 fully saturated rings. The Kier molecular flexibility index (Phi) is 6.06. The van der Waals surface area contributed by atoms with Crippen LogP contribution >= 0.6 is 0 Å². The van der Waals surface area contributed by atoms with Gasteiger partial charge in [-0.15, -0.1) is 0 Å². The quantitative estimate of drug-likeness (QED) is 0.735. The van der Waals surface area contributed by atoms with Crippen molar-refractivity contribution in [1.82, 2.24) is 0 Å². The fourth-order valence-corrected chi connectivity index (χ4v) is 2.27. The maximum atomic E-state index is 5.49. The molecule has 2 nitrogen and oxygen atoms in total. The zero-order valence-corrected chi connectivity index (χ0v) is 11.4. The molecule has 0 atom stereocenters. The Hall–Kier alpha value is -1.02. The summed E-state index contributed by atoms with van der Waals surface area (Å²) in [7, 11) is 1.72. The summed E-state index contributed by atoms with van der Waals surface area (Å²) < 4.78 is 5.27. The summed E-state index contributed by atoms with van der Waals surface area (Å²) in [5, 5.41) is 0. The third kappa shape index (κ3) is 4.39. The Morgan fingerprint density at radius 2 is 1.59 bits per heavy atom. The van der Waals surface area contributed by atoms with E-state index in [-0.39, 0.29) is 0 Å². The van der Waals surface area contributed by atoms with E-state index in [1.807, 2.05) is 0 Å². The first kappa shape index (κ1) is 14.0. The van der Waals surface area contributed by atoms with E-state index in [4.69, 9.17) is 10.5 Å². The Morgan fingerprint density at radius 1 is 1.00 bits per heavy atom. The van der Waals surface area contributed by atoms with Crippen molar-refractivity contribution in [2.45, 2.75) is 46.0 Å². The van der Waals surface area contributed by atoms with Crippen LogP contribution in [0.25, 0.3) is 0 Å². The Labute approximate surface area is 105 Å². The lowest BCUT2D eigenvalue weighted by Gasteiger charge is -2.12. The number of aryl methyl sites for hydroxylation is 2. The minimum absolute atomic E-state index is 0.820. The Balaban J connectivity index is 2.53. The largest absolute Gasteiger partial charge is 0.497 e. The van der Waals surface area contributed by atoms with E-state index in [2.05, 4.69) is 26.0 Å². The van der Waals surface area contributed by atoms with Gasteiger partial charge in [-0.05, 0) is 68.5 Å². The normalized spacial score (nSPS) is 10.6. The average molecular weight is 235 g/mol.